The van der Waals surface area contributed by atoms with E-state index in [2.05, 4.69) is 44.9 Å². The molecular formula is C17H20BrNO2S. The first kappa shape index (κ1) is 15.9. The number of thioether (sulfide) groups is 1. The maximum absolute atomic E-state index is 12.1. The van der Waals surface area contributed by atoms with Gasteiger partial charge < -0.3 is 9.72 Å². The molecule has 1 atom stereocenters. The van der Waals surface area contributed by atoms with E-state index in [9.17, 15) is 4.79 Å². The highest BCUT2D eigenvalue weighted by Crippen LogP contribution is 2.31. The van der Waals surface area contributed by atoms with Gasteiger partial charge in [-0.1, -0.05) is 15.9 Å². The van der Waals surface area contributed by atoms with Gasteiger partial charge in [0.15, 0.2) is 0 Å². The number of nitrogens with one attached hydrogen (secondary N) is 1. The van der Waals surface area contributed by atoms with Crippen molar-refractivity contribution in [2.75, 3.05) is 18.1 Å². The topological polar surface area (TPSA) is 42.1 Å². The van der Waals surface area contributed by atoms with Crippen LogP contribution in [0.3, 0.4) is 0 Å². The van der Waals surface area contributed by atoms with Gasteiger partial charge in [0.2, 0.25) is 0 Å². The summed E-state index contributed by atoms with van der Waals surface area (Å²) in [4.78, 5) is 15.4. The summed E-state index contributed by atoms with van der Waals surface area (Å²) in [7, 11) is 0. The molecule has 0 spiro atoms. The fourth-order valence-corrected chi connectivity index (χ4v) is 4.68. The molecule has 0 bridgehead atoms. The minimum absolute atomic E-state index is 0.268. The Bertz CT molecular complexity index is 677. The molecule has 2 heterocycles. The van der Waals surface area contributed by atoms with Crippen LogP contribution in [0.15, 0.2) is 22.8 Å². The number of fused-ring (bicyclic) bond motifs is 1. The minimum atomic E-state index is -0.268. The van der Waals surface area contributed by atoms with Gasteiger partial charge >= 0.3 is 5.97 Å². The van der Waals surface area contributed by atoms with Crippen LogP contribution in [-0.4, -0.2) is 29.1 Å². The summed E-state index contributed by atoms with van der Waals surface area (Å²) in [5, 5.41) is 1.13. The summed E-state index contributed by atoms with van der Waals surface area (Å²) in [6.45, 7) is 2.22. The first-order chi connectivity index (χ1) is 10.7. The number of hydrogen-bond donors (Lipinski definition) is 1. The zero-order valence-electron chi connectivity index (χ0n) is 12.7. The lowest BCUT2D eigenvalue weighted by atomic mass is 9.95. The van der Waals surface area contributed by atoms with E-state index in [0.29, 0.717) is 12.2 Å². The lowest BCUT2D eigenvalue weighted by molar-refractivity contribution is 0.0528. The SMILES string of the molecule is CCOC(=O)c1cc(Br)cc2c(CC3CCCSC3)c[nH]c12. The number of rotatable bonds is 4. The van der Waals surface area contributed by atoms with Crippen LogP contribution in [0.25, 0.3) is 10.9 Å². The van der Waals surface area contributed by atoms with Crippen LogP contribution in [0.4, 0.5) is 0 Å². The summed E-state index contributed by atoms with van der Waals surface area (Å²) < 4.78 is 6.09. The lowest BCUT2D eigenvalue weighted by Crippen LogP contribution is -2.12. The van der Waals surface area contributed by atoms with E-state index in [1.807, 2.05) is 13.0 Å². The number of carbonyl (C=O) groups is 1. The van der Waals surface area contributed by atoms with E-state index in [0.717, 1.165) is 27.7 Å². The second-order valence-corrected chi connectivity index (χ2v) is 7.76. The molecule has 0 aliphatic carbocycles. The monoisotopic (exact) mass is 381 g/mol. The highest BCUT2D eigenvalue weighted by atomic mass is 79.9. The molecule has 22 heavy (non-hydrogen) atoms. The van der Waals surface area contributed by atoms with E-state index < -0.39 is 0 Å². The van der Waals surface area contributed by atoms with Crippen LogP contribution in [0, 0.1) is 5.92 Å². The van der Waals surface area contributed by atoms with E-state index >= 15 is 0 Å². The Balaban J connectivity index is 1.94. The number of halogens is 1. The van der Waals surface area contributed by atoms with Crippen molar-refractivity contribution >= 4 is 44.6 Å². The van der Waals surface area contributed by atoms with E-state index in [1.165, 1.54) is 29.9 Å². The molecule has 0 radical (unpaired) electrons. The zero-order valence-corrected chi connectivity index (χ0v) is 15.1. The lowest BCUT2D eigenvalue weighted by Gasteiger charge is -2.20. The molecule has 1 aliphatic heterocycles. The molecule has 1 saturated heterocycles. The van der Waals surface area contributed by atoms with Gasteiger partial charge in [0.25, 0.3) is 0 Å². The normalized spacial score (nSPS) is 18.5. The highest BCUT2D eigenvalue weighted by molar-refractivity contribution is 9.10. The summed E-state index contributed by atoms with van der Waals surface area (Å²) in [6, 6.07) is 3.93. The number of aromatic nitrogens is 1. The van der Waals surface area contributed by atoms with E-state index in [1.54, 1.807) is 0 Å². The highest BCUT2D eigenvalue weighted by Gasteiger charge is 2.19. The predicted molar refractivity (Wildman–Crippen MR) is 95.7 cm³/mol. The summed E-state index contributed by atoms with van der Waals surface area (Å²) >= 11 is 5.58. The molecule has 3 rings (SSSR count). The number of aromatic amines is 1. The van der Waals surface area contributed by atoms with Crippen molar-refractivity contribution in [2.24, 2.45) is 5.92 Å². The van der Waals surface area contributed by atoms with Crippen LogP contribution in [0.2, 0.25) is 0 Å². The van der Waals surface area contributed by atoms with Gasteiger partial charge in [-0.3, -0.25) is 0 Å². The molecule has 1 fully saturated rings. The largest absolute Gasteiger partial charge is 0.462 e. The summed E-state index contributed by atoms with van der Waals surface area (Å²) in [6.07, 6.45) is 5.75. The second kappa shape index (κ2) is 7.09. The number of ether oxygens (including phenoxy) is 1. The first-order valence-electron chi connectivity index (χ1n) is 7.73. The molecule has 118 valence electrons. The third kappa shape index (κ3) is 3.35. The maximum atomic E-state index is 12.1. The molecule has 0 amide bonds. The quantitative estimate of drug-likeness (QED) is 0.773. The fraction of sp³-hybridized carbons (Fsp3) is 0.471. The summed E-state index contributed by atoms with van der Waals surface area (Å²) in [5.41, 5.74) is 2.80. The average molecular weight is 382 g/mol. The fourth-order valence-electron chi connectivity index (χ4n) is 3.07. The zero-order chi connectivity index (χ0) is 15.5. The third-order valence-electron chi connectivity index (χ3n) is 4.10. The van der Waals surface area contributed by atoms with Crippen molar-refractivity contribution in [3.63, 3.8) is 0 Å². The van der Waals surface area contributed by atoms with Crippen molar-refractivity contribution in [3.05, 3.63) is 33.9 Å². The molecule has 1 aromatic carbocycles. The Morgan fingerprint density at radius 1 is 1.50 bits per heavy atom. The van der Waals surface area contributed by atoms with E-state index in [4.69, 9.17) is 4.74 Å². The molecular weight excluding hydrogens is 362 g/mol. The first-order valence-corrected chi connectivity index (χ1v) is 9.68. The van der Waals surface area contributed by atoms with Gasteiger partial charge in [0.05, 0.1) is 17.7 Å². The Kier molecular flexibility index (Phi) is 5.14. The van der Waals surface area contributed by atoms with Gasteiger partial charge in [-0.05, 0) is 61.3 Å². The Morgan fingerprint density at radius 3 is 3.09 bits per heavy atom. The van der Waals surface area contributed by atoms with Gasteiger partial charge in [0.1, 0.15) is 0 Å². The minimum Gasteiger partial charge on any atom is -0.462 e. The molecule has 2 aromatic rings. The smallest absolute Gasteiger partial charge is 0.340 e. The Morgan fingerprint density at radius 2 is 2.36 bits per heavy atom. The van der Waals surface area contributed by atoms with Crippen molar-refractivity contribution in [1.82, 2.24) is 4.98 Å². The van der Waals surface area contributed by atoms with Gasteiger partial charge in [-0.25, -0.2) is 4.79 Å². The van der Waals surface area contributed by atoms with Crippen molar-refractivity contribution in [2.45, 2.75) is 26.2 Å². The van der Waals surface area contributed by atoms with Crippen molar-refractivity contribution in [1.29, 1.82) is 0 Å². The maximum Gasteiger partial charge on any atom is 0.340 e. The van der Waals surface area contributed by atoms with Crippen LogP contribution >= 0.6 is 27.7 Å². The van der Waals surface area contributed by atoms with Crippen LogP contribution in [-0.2, 0) is 11.2 Å². The van der Waals surface area contributed by atoms with E-state index in [-0.39, 0.29) is 5.97 Å². The van der Waals surface area contributed by atoms with Crippen LogP contribution in [0.1, 0.15) is 35.7 Å². The number of hydrogen-bond acceptors (Lipinski definition) is 3. The Labute approximate surface area is 143 Å². The molecule has 3 nitrogen and oxygen atoms in total. The third-order valence-corrected chi connectivity index (χ3v) is 5.84. The number of carbonyl (C=O) groups excluding carboxylic acids is 1. The molecule has 1 unspecified atom stereocenters. The number of H-pyrrole nitrogens is 1. The second-order valence-electron chi connectivity index (χ2n) is 5.70. The molecule has 5 heteroatoms. The molecule has 1 aliphatic rings. The van der Waals surface area contributed by atoms with Crippen molar-refractivity contribution < 1.29 is 9.53 Å². The summed E-state index contributed by atoms with van der Waals surface area (Å²) in [5.74, 6) is 3.01. The number of esters is 1. The average Bonchev–Trinajstić information content (AvgIpc) is 2.90. The predicted octanol–water partition coefficient (Wildman–Crippen LogP) is 4.79. The van der Waals surface area contributed by atoms with Crippen molar-refractivity contribution in [3.8, 4) is 0 Å². The standard InChI is InChI=1S/C17H20BrNO2S/c1-2-21-17(20)15-8-13(18)7-14-12(9-19-16(14)15)6-11-4-3-5-22-10-11/h7-9,11,19H,2-6,10H2,1H3. The number of benzene rings is 1. The van der Waals surface area contributed by atoms with Gasteiger partial charge in [0, 0.05) is 16.1 Å². The van der Waals surface area contributed by atoms with Gasteiger partial charge in [-0.2, -0.15) is 11.8 Å². The Hall–Kier alpha value is -0.940. The molecule has 1 aromatic heterocycles. The van der Waals surface area contributed by atoms with Crippen LogP contribution < -0.4 is 0 Å². The molecule has 0 saturated carbocycles. The van der Waals surface area contributed by atoms with Crippen LogP contribution in [0.5, 0.6) is 0 Å². The molecule has 1 N–H and O–H groups in total. The van der Waals surface area contributed by atoms with Gasteiger partial charge in [-0.15, -0.1) is 0 Å².